The van der Waals surface area contributed by atoms with Crippen molar-refractivity contribution in [2.45, 2.75) is 36.6 Å². The molecule has 2 fully saturated rings. The highest BCUT2D eigenvalue weighted by atomic mass is 35.5. The molecule has 1 saturated heterocycles. The Morgan fingerprint density at radius 3 is 2.19 bits per heavy atom. The summed E-state index contributed by atoms with van der Waals surface area (Å²) in [5.41, 5.74) is 0. The molecule has 1 aromatic heterocycles. The monoisotopic (exact) mass is 330 g/mol. The molecule has 6 nitrogen and oxygen atoms in total. The van der Waals surface area contributed by atoms with Crippen LogP contribution < -0.4 is 0 Å². The van der Waals surface area contributed by atoms with E-state index in [2.05, 4.69) is 14.9 Å². The van der Waals surface area contributed by atoms with E-state index in [1.165, 1.54) is 42.4 Å². The Labute approximate surface area is 130 Å². The summed E-state index contributed by atoms with van der Waals surface area (Å²) in [6.45, 7) is 2.67. The average Bonchev–Trinajstić information content (AvgIpc) is 3.02. The van der Waals surface area contributed by atoms with Crippen molar-refractivity contribution in [1.82, 2.24) is 19.2 Å². The summed E-state index contributed by atoms with van der Waals surface area (Å²) in [5, 5.41) is 0.0556. The maximum Gasteiger partial charge on any atom is 0.246 e. The number of rotatable bonds is 3. The first-order valence-electron chi connectivity index (χ1n) is 7.29. The second-order valence-corrected chi connectivity index (χ2v) is 7.84. The number of hydrogen-bond acceptors (Lipinski definition) is 5. The lowest BCUT2D eigenvalue weighted by atomic mass is 10.2. The van der Waals surface area contributed by atoms with Crippen molar-refractivity contribution in [3.8, 4) is 0 Å². The molecule has 1 saturated carbocycles. The van der Waals surface area contributed by atoms with E-state index in [1.807, 2.05) is 0 Å². The summed E-state index contributed by atoms with van der Waals surface area (Å²) in [6, 6.07) is 0.647. The molecule has 0 amide bonds. The van der Waals surface area contributed by atoms with Crippen molar-refractivity contribution >= 4 is 21.6 Å². The van der Waals surface area contributed by atoms with Crippen LogP contribution in [-0.4, -0.2) is 59.8 Å². The van der Waals surface area contributed by atoms with Gasteiger partial charge in [-0.2, -0.15) is 4.31 Å². The van der Waals surface area contributed by atoms with Gasteiger partial charge in [-0.1, -0.05) is 12.8 Å². The average molecular weight is 331 g/mol. The number of piperazine rings is 1. The Balaban J connectivity index is 1.66. The molecule has 0 bridgehead atoms. The van der Waals surface area contributed by atoms with Crippen LogP contribution in [0, 0.1) is 0 Å². The maximum absolute atomic E-state index is 12.5. The molecule has 1 aliphatic heterocycles. The number of halogens is 1. The van der Waals surface area contributed by atoms with E-state index in [0.29, 0.717) is 19.1 Å². The minimum atomic E-state index is -3.50. The molecular weight excluding hydrogens is 312 g/mol. The highest BCUT2D eigenvalue weighted by Gasteiger charge is 2.32. The molecule has 2 heterocycles. The van der Waals surface area contributed by atoms with Gasteiger partial charge in [0.15, 0.2) is 0 Å². The van der Waals surface area contributed by atoms with Crippen molar-refractivity contribution in [2.24, 2.45) is 0 Å². The molecule has 8 heteroatoms. The van der Waals surface area contributed by atoms with E-state index in [4.69, 9.17) is 11.6 Å². The predicted octanol–water partition coefficient (Wildman–Crippen LogP) is 1.38. The first kappa shape index (κ1) is 15.1. The lowest BCUT2D eigenvalue weighted by Gasteiger charge is -2.37. The highest BCUT2D eigenvalue weighted by molar-refractivity contribution is 7.89. The summed E-state index contributed by atoms with van der Waals surface area (Å²) in [6.07, 6.45) is 7.63. The summed E-state index contributed by atoms with van der Waals surface area (Å²) in [4.78, 5) is 10.1. The van der Waals surface area contributed by atoms with E-state index in [1.54, 1.807) is 0 Å². The molecule has 0 aromatic carbocycles. The van der Waals surface area contributed by atoms with Gasteiger partial charge >= 0.3 is 0 Å². The predicted molar refractivity (Wildman–Crippen MR) is 79.6 cm³/mol. The normalized spacial score (nSPS) is 22.7. The van der Waals surface area contributed by atoms with E-state index in [-0.39, 0.29) is 10.2 Å². The molecule has 3 rings (SSSR count). The van der Waals surface area contributed by atoms with Crippen molar-refractivity contribution in [3.63, 3.8) is 0 Å². The summed E-state index contributed by atoms with van der Waals surface area (Å²) < 4.78 is 26.5. The highest BCUT2D eigenvalue weighted by Crippen LogP contribution is 2.25. The van der Waals surface area contributed by atoms with Gasteiger partial charge in [0.25, 0.3) is 0 Å². The lowest BCUT2D eigenvalue weighted by Crippen LogP contribution is -2.51. The minimum absolute atomic E-state index is 0.0556. The second kappa shape index (κ2) is 6.16. The van der Waals surface area contributed by atoms with Gasteiger partial charge in [-0.15, -0.1) is 0 Å². The fraction of sp³-hybridized carbons (Fsp3) is 0.692. The number of sulfonamides is 1. The summed E-state index contributed by atoms with van der Waals surface area (Å²) in [5.74, 6) is 0. The van der Waals surface area contributed by atoms with Gasteiger partial charge in [-0.3, -0.25) is 4.90 Å². The van der Waals surface area contributed by atoms with Crippen molar-refractivity contribution in [2.75, 3.05) is 26.2 Å². The molecular formula is C13H19ClN4O2S. The fourth-order valence-corrected chi connectivity index (χ4v) is 4.57. The third kappa shape index (κ3) is 3.21. The molecule has 0 N–H and O–H groups in total. The smallest absolute Gasteiger partial charge is 0.246 e. The molecule has 21 heavy (non-hydrogen) atoms. The second-order valence-electron chi connectivity index (χ2n) is 5.57. The lowest BCUT2D eigenvalue weighted by molar-refractivity contribution is 0.139. The van der Waals surface area contributed by atoms with E-state index >= 15 is 0 Å². The van der Waals surface area contributed by atoms with Gasteiger partial charge in [0.05, 0.1) is 12.4 Å². The van der Waals surface area contributed by atoms with Gasteiger partial charge in [-0.25, -0.2) is 18.4 Å². The molecule has 0 atom stereocenters. The van der Waals surface area contributed by atoms with Crippen molar-refractivity contribution in [3.05, 3.63) is 17.7 Å². The van der Waals surface area contributed by atoms with Crippen LogP contribution in [0.3, 0.4) is 0 Å². The molecule has 2 aliphatic rings. The Bertz CT molecular complexity index is 579. The SMILES string of the molecule is O=S(=O)(c1cnc(Cl)nc1)N1CCN(C2CCCC2)CC1. The first-order chi connectivity index (χ1) is 10.1. The van der Waals surface area contributed by atoms with Gasteiger partial charge in [0.1, 0.15) is 4.90 Å². The third-order valence-corrected chi connectivity index (χ3v) is 6.40. The largest absolute Gasteiger partial charge is 0.298 e. The quantitative estimate of drug-likeness (QED) is 0.783. The van der Waals surface area contributed by atoms with Crippen LogP contribution in [0.1, 0.15) is 25.7 Å². The summed E-state index contributed by atoms with van der Waals surface area (Å²) >= 11 is 5.60. The Morgan fingerprint density at radius 2 is 1.62 bits per heavy atom. The number of hydrogen-bond donors (Lipinski definition) is 0. The van der Waals surface area contributed by atoms with Crippen LogP contribution in [0.15, 0.2) is 17.3 Å². The third-order valence-electron chi connectivity index (χ3n) is 4.35. The molecule has 1 aliphatic carbocycles. The number of aromatic nitrogens is 2. The number of nitrogens with zero attached hydrogens (tertiary/aromatic N) is 4. The van der Waals surface area contributed by atoms with Gasteiger partial charge in [0, 0.05) is 32.2 Å². The topological polar surface area (TPSA) is 66.4 Å². The van der Waals surface area contributed by atoms with Gasteiger partial charge in [0.2, 0.25) is 15.3 Å². The first-order valence-corrected chi connectivity index (χ1v) is 9.11. The maximum atomic E-state index is 12.5. The van der Waals surface area contributed by atoms with Crippen molar-refractivity contribution in [1.29, 1.82) is 0 Å². The van der Waals surface area contributed by atoms with E-state index < -0.39 is 10.0 Å². The van der Waals surface area contributed by atoms with Crippen LogP contribution in [0.2, 0.25) is 5.28 Å². The minimum Gasteiger partial charge on any atom is -0.298 e. The van der Waals surface area contributed by atoms with Crippen LogP contribution >= 0.6 is 11.6 Å². The Hall–Kier alpha value is -0.760. The van der Waals surface area contributed by atoms with Gasteiger partial charge in [-0.05, 0) is 24.4 Å². The molecule has 0 spiro atoms. The molecule has 0 radical (unpaired) electrons. The Kier molecular flexibility index (Phi) is 4.44. The molecule has 116 valence electrons. The Morgan fingerprint density at radius 1 is 1.05 bits per heavy atom. The summed E-state index contributed by atoms with van der Waals surface area (Å²) in [7, 11) is -3.50. The molecule has 0 unspecified atom stereocenters. The zero-order valence-electron chi connectivity index (χ0n) is 11.8. The zero-order chi connectivity index (χ0) is 14.9. The van der Waals surface area contributed by atoms with Gasteiger partial charge < -0.3 is 0 Å². The standard InChI is InChI=1S/C13H19ClN4O2S/c14-13-15-9-12(10-16-13)21(19,20)18-7-5-17(6-8-18)11-3-1-2-4-11/h9-11H,1-8H2. The van der Waals surface area contributed by atoms with Crippen LogP contribution in [0.4, 0.5) is 0 Å². The molecule has 1 aromatic rings. The zero-order valence-corrected chi connectivity index (χ0v) is 13.4. The van der Waals surface area contributed by atoms with Crippen molar-refractivity contribution < 1.29 is 8.42 Å². The van der Waals surface area contributed by atoms with Crippen LogP contribution in [-0.2, 0) is 10.0 Å². The van der Waals surface area contributed by atoms with Crippen LogP contribution in [0.5, 0.6) is 0 Å². The van der Waals surface area contributed by atoms with E-state index in [0.717, 1.165) is 13.1 Å². The fourth-order valence-electron chi connectivity index (χ4n) is 3.16. The van der Waals surface area contributed by atoms with Crippen LogP contribution in [0.25, 0.3) is 0 Å². The van der Waals surface area contributed by atoms with E-state index in [9.17, 15) is 8.42 Å².